The van der Waals surface area contributed by atoms with Crippen LogP contribution in [0.25, 0.3) is 0 Å². The molecule has 1 unspecified atom stereocenters. The molecule has 0 bridgehead atoms. The molecule has 0 saturated heterocycles. The average molecular weight is 213 g/mol. The van der Waals surface area contributed by atoms with Crippen LogP contribution in [0.2, 0.25) is 0 Å². The summed E-state index contributed by atoms with van der Waals surface area (Å²) in [6.45, 7) is 9.90. The third kappa shape index (κ3) is 8.03. The number of hydrogen-bond acceptors (Lipinski definition) is 2. The van der Waals surface area contributed by atoms with E-state index in [9.17, 15) is 4.79 Å². The molecule has 0 radical (unpaired) electrons. The highest BCUT2D eigenvalue weighted by Crippen LogP contribution is 2.00. The van der Waals surface area contributed by atoms with Crippen molar-refractivity contribution in [3.63, 3.8) is 0 Å². The lowest BCUT2D eigenvalue weighted by Crippen LogP contribution is -2.34. The first-order valence-electron chi connectivity index (χ1n) is 5.57. The monoisotopic (exact) mass is 213 g/mol. The zero-order valence-electron chi connectivity index (χ0n) is 10.5. The molecule has 0 aliphatic rings. The molecule has 1 amide bonds. The molecule has 0 fully saturated rings. The Morgan fingerprint density at radius 1 is 1.40 bits per heavy atom. The highest BCUT2D eigenvalue weighted by Gasteiger charge is 2.09. The first-order valence-corrected chi connectivity index (χ1v) is 5.57. The van der Waals surface area contributed by atoms with Gasteiger partial charge in [0.05, 0.1) is 0 Å². The molecule has 15 heavy (non-hydrogen) atoms. The van der Waals surface area contributed by atoms with E-state index in [1.54, 1.807) is 0 Å². The molecule has 0 aromatic carbocycles. The number of ether oxygens (including phenoxy) is 1. The van der Waals surface area contributed by atoms with E-state index in [0.29, 0.717) is 0 Å². The zero-order valence-corrected chi connectivity index (χ0v) is 10.5. The average Bonchev–Trinajstić information content (AvgIpc) is 2.00. The van der Waals surface area contributed by atoms with E-state index in [-0.39, 0.29) is 18.2 Å². The van der Waals surface area contributed by atoms with Crippen LogP contribution in [0.1, 0.15) is 47.5 Å². The lowest BCUT2D eigenvalue weighted by atomic mass is 10.2. The maximum Gasteiger partial charge on any atom is 0.407 e. The predicted molar refractivity (Wildman–Crippen MR) is 62.9 cm³/mol. The van der Waals surface area contributed by atoms with Gasteiger partial charge >= 0.3 is 6.09 Å². The van der Waals surface area contributed by atoms with Crippen molar-refractivity contribution in [2.24, 2.45) is 0 Å². The molecule has 0 heterocycles. The largest absolute Gasteiger partial charge is 0.442 e. The van der Waals surface area contributed by atoms with Gasteiger partial charge in [-0.1, -0.05) is 18.9 Å². The summed E-state index contributed by atoms with van der Waals surface area (Å²) in [6, 6.07) is 0.182. The van der Waals surface area contributed by atoms with E-state index in [1.807, 2.05) is 33.8 Å². The summed E-state index contributed by atoms with van der Waals surface area (Å²) in [5, 5.41) is 2.79. The molecule has 0 aromatic rings. The van der Waals surface area contributed by atoms with Crippen molar-refractivity contribution in [3.05, 3.63) is 11.6 Å². The van der Waals surface area contributed by atoms with Crippen LogP contribution in [0.3, 0.4) is 0 Å². The summed E-state index contributed by atoms with van der Waals surface area (Å²) in [5.41, 5.74) is 1.15. The fourth-order valence-electron chi connectivity index (χ4n) is 1.41. The second-order valence-corrected chi connectivity index (χ2v) is 4.19. The van der Waals surface area contributed by atoms with Crippen LogP contribution in [0.4, 0.5) is 4.79 Å². The summed E-state index contributed by atoms with van der Waals surface area (Å²) in [6.07, 6.45) is 3.46. The Labute approximate surface area is 92.9 Å². The van der Waals surface area contributed by atoms with Gasteiger partial charge in [0.2, 0.25) is 0 Å². The van der Waals surface area contributed by atoms with E-state index in [0.717, 1.165) is 18.4 Å². The summed E-state index contributed by atoms with van der Waals surface area (Å²) >= 11 is 0. The maximum atomic E-state index is 11.4. The van der Waals surface area contributed by atoms with Crippen LogP contribution in [-0.4, -0.2) is 18.2 Å². The Balaban J connectivity index is 3.88. The molecule has 0 aromatic heterocycles. The van der Waals surface area contributed by atoms with Gasteiger partial charge in [-0.3, -0.25) is 0 Å². The van der Waals surface area contributed by atoms with Gasteiger partial charge in [-0.25, -0.2) is 4.79 Å². The molecule has 0 saturated carbocycles. The first kappa shape index (κ1) is 14.0. The SMILES string of the molecule is CCCC(C)NC(=O)O[C@H](C)C=C(C)C. The van der Waals surface area contributed by atoms with Crippen LogP contribution in [0.5, 0.6) is 0 Å². The molecule has 2 atom stereocenters. The minimum atomic E-state index is -0.332. The molecule has 3 heteroatoms. The molecule has 0 rings (SSSR count). The Hall–Kier alpha value is -0.990. The third-order valence-corrected chi connectivity index (χ3v) is 1.95. The first-order chi connectivity index (χ1) is 6.95. The summed E-state index contributed by atoms with van der Waals surface area (Å²) in [4.78, 5) is 11.4. The van der Waals surface area contributed by atoms with Gasteiger partial charge in [0.15, 0.2) is 0 Å². The van der Waals surface area contributed by atoms with E-state index in [1.165, 1.54) is 0 Å². The van der Waals surface area contributed by atoms with Crippen molar-refractivity contribution >= 4 is 6.09 Å². The van der Waals surface area contributed by atoms with Crippen molar-refractivity contribution in [1.82, 2.24) is 5.32 Å². The van der Waals surface area contributed by atoms with Crippen molar-refractivity contribution in [3.8, 4) is 0 Å². The van der Waals surface area contributed by atoms with Crippen LogP contribution in [0.15, 0.2) is 11.6 Å². The van der Waals surface area contributed by atoms with E-state index in [2.05, 4.69) is 12.2 Å². The fourth-order valence-corrected chi connectivity index (χ4v) is 1.41. The molecular formula is C12H23NO2. The topological polar surface area (TPSA) is 38.3 Å². The number of alkyl carbamates (subject to hydrolysis) is 1. The van der Waals surface area contributed by atoms with Gasteiger partial charge in [-0.05, 0) is 40.2 Å². The molecule has 88 valence electrons. The number of rotatable bonds is 5. The second-order valence-electron chi connectivity index (χ2n) is 4.19. The smallest absolute Gasteiger partial charge is 0.407 e. The van der Waals surface area contributed by atoms with E-state index in [4.69, 9.17) is 4.74 Å². The van der Waals surface area contributed by atoms with E-state index >= 15 is 0 Å². The molecular weight excluding hydrogens is 190 g/mol. The standard InChI is InChI=1S/C12H23NO2/c1-6-7-10(4)13-12(14)15-11(5)8-9(2)3/h8,10-11H,6-7H2,1-5H3,(H,13,14)/t10?,11-/m1/s1. The maximum absolute atomic E-state index is 11.4. The summed E-state index contributed by atoms with van der Waals surface area (Å²) < 4.78 is 5.15. The zero-order chi connectivity index (χ0) is 11.8. The van der Waals surface area contributed by atoms with Gasteiger partial charge in [-0.2, -0.15) is 0 Å². The van der Waals surface area contributed by atoms with Crippen LogP contribution in [-0.2, 0) is 4.74 Å². The van der Waals surface area contributed by atoms with Gasteiger partial charge < -0.3 is 10.1 Å². The van der Waals surface area contributed by atoms with Crippen LogP contribution >= 0.6 is 0 Å². The van der Waals surface area contributed by atoms with Crippen LogP contribution < -0.4 is 5.32 Å². The van der Waals surface area contributed by atoms with Crippen molar-refractivity contribution in [1.29, 1.82) is 0 Å². The number of hydrogen-bond donors (Lipinski definition) is 1. The van der Waals surface area contributed by atoms with Gasteiger partial charge in [-0.15, -0.1) is 0 Å². The minimum absolute atomic E-state index is 0.163. The Morgan fingerprint density at radius 2 is 2.00 bits per heavy atom. The lowest BCUT2D eigenvalue weighted by Gasteiger charge is -2.15. The van der Waals surface area contributed by atoms with Crippen molar-refractivity contribution < 1.29 is 9.53 Å². The summed E-state index contributed by atoms with van der Waals surface area (Å²) in [7, 11) is 0. The van der Waals surface area contributed by atoms with Gasteiger partial charge in [0.1, 0.15) is 6.10 Å². The molecule has 3 nitrogen and oxygen atoms in total. The third-order valence-electron chi connectivity index (χ3n) is 1.95. The van der Waals surface area contributed by atoms with Gasteiger partial charge in [0.25, 0.3) is 0 Å². The number of amides is 1. The van der Waals surface area contributed by atoms with Gasteiger partial charge in [0, 0.05) is 6.04 Å². The van der Waals surface area contributed by atoms with Crippen molar-refractivity contribution in [2.45, 2.75) is 59.6 Å². The quantitative estimate of drug-likeness (QED) is 0.712. The molecule has 0 aliphatic carbocycles. The van der Waals surface area contributed by atoms with E-state index < -0.39 is 0 Å². The van der Waals surface area contributed by atoms with Crippen molar-refractivity contribution in [2.75, 3.05) is 0 Å². The normalized spacial score (nSPS) is 13.9. The predicted octanol–water partition coefficient (Wildman–Crippen LogP) is 3.26. The highest BCUT2D eigenvalue weighted by atomic mass is 16.6. The minimum Gasteiger partial charge on any atom is -0.442 e. The number of allylic oxidation sites excluding steroid dienone is 1. The number of nitrogens with one attached hydrogen (secondary N) is 1. The molecule has 0 spiro atoms. The fraction of sp³-hybridized carbons (Fsp3) is 0.750. The second kappa shape index (κ2) is 7.32. The molecule has 1 N–H and O–H groups in total. The number of carbonyl (C=O) groups excluding carboxylic acids is 1. The Kier molecular flexibility index (Phi) is 6.84. The van der Waals surface area contributed by atoms with Crippen LogP contribution in [0, 0.1) is 0 Å². The lowest BCUT2D eigenvalue weighted by molar-refractivity contribution is 0.123. The highest BCUT2D eigenvalue weighted by molar-refractivity contribution is 5.67. The molecule has 0 aliphatic heterocycles. The Bertz CT molecular complexity index is 220. The number of carbonyl (C=O) groups is 1. The Morgan fingerprint density at radius 3 is 2.47 bits per heavy atom. The summed E-state index contributed by atoms with van der Waals surface area (Å²) in [5.74, 6) is 0.